The van der Waals surface area contributed by atoms with Crippen molar-refractivity contribution in [1.82, 2.24) is 10.6 Å². The smallest absolute Gasteiger partial charge is 0.234 e. The van der Waals surface area contributed by atoms with Crippen molar-refractivity contribution in [1.29, 1.82) is 0 Å². The molecular formula is C12H20N2O2. The molecule has 0 spiro atoms. The third kappa shape index (κ3) is 4.06. The Labute approximate surface area is 96.4 Å². The van der Waals surface area contributed by atoms with E-state index in [1.54, 1.807) is 6.26 Å². The average Bonchev–Trinajstić information content (AvgIpc) is 2.79. The summed E-state index contributed by atoms with van der Waals surface area (Å²) in [5, 5.41) is 6.01. The van der Waals surface area contributed by atoms with Crippen LogP contribution >= 0.6 is 0 Å². The van der Waals surface area contributed by atoms with Crippen molar-refractivity contribution in [2.45, 2.75) is 39.3 Å². The van der Waals surface area contributed by atoms with Crippen molar-refractivity contribution in [3.63, 3.8) is 0 Å². The van der Waals surface area contributed by atoms with Gasteiger partial charge in [0, 0.05) is 6.04 Å². The Morgan fingerprint density at radius 2 is 2.25 bits per heavy atom. The number of hydrogen-bond donors (Lipinski definition) is 2. The van der Waals surface area contributed by atoms with Crippen molar-refractivity contribution in [2.75, 3.05) is 6.54 Å². The number of rotatable bonds is 6. The van der Waals surface area contributed by atoms with Gasteiger partial charge in [-0.2, -0.15) is 0 Å². The summed E-state index contributed by atoms with van der Waals surface area (Å²) in [6.07, 6.45) is 2.58. The van der Waals surface area contributed by atoms with Crippen LogP contribution in [0.3, 0.4) is 0 Å². The molecule has 1 heterocycles. The van der Waals surface area contributed by atoms with E-state index in [0.717, 1.165) is 12.2 Å². The van der Waals surface area contributed by atoms with Gasteiger partial charge >= 0.3 is 0 Å². The van der Waals surface area contributed by atoms with Crippen LogP contribution in [0.4, 0.5) is 0 Å². The van der Waals surface area contributed by atoms with Gasteiger partial charge in [-0.15, -0.1) is 0 Å². The average molecular weight is 224 g/mol. The Hall–Kier alpha value is -1.29. The maximum absolute atomic E-state index is 11.5. The molecule has 0 aromatic carbocycles. The minimum absolute atomic E-state index is 0.0211. The second-order valence-electron chi connectivity index (χ2n) is 3.99. The van der Waals surface area contributed by atoms with Crippen molar-refractivity contribution in [3.8, 4) is 0 Å². The zero-order valence-electron chi connectivity index (χ0n) is 10.1. The summed E-state index contributed by atoms with van der Waals surface area (Å²) in [7, 11) is 0. The molecule has 0 aliphatic carbocycles. The molecule has 0 aliphatic heterocycles. The molecule has 2 unspecified atom stereocenters. The Balaban J connectivity index is 2.26. The highest BCUT2D eigenvalue weighted by molar-refractivity contribution is 5.78. The zero-order valence-corrected chi connectivity index (χ0v) is 10.1. The Kier molecular flexibility index (Phi) is 5.05. The third-order valence-electron chi connectivity index (χ3n) is 2.56. The lowest BCUT2D eigenvalue weighted by Crippen LogP contribution is -2.39. The summed E-state index contributed by atoms with van der Waals surface area (Å²) in [4.78, 5) is 11.5. The van der Waals surface area contributed by atoms with E-state index < -0.39 is 0 Å². The predicted octanol–water partition coefficient (Wildman–Crippen LogP) is 1.84. The van der Waals surface area contributed by atoms with Crippen molar-refractivity contribution < 1.29 is 9.21 Å². The van der Waals surface area contributed by atoms with Crippen LogP contribution in [0.25, 0.3) is 0 Å². The fourth-order valence-electron chi connectivity index (χ4n) is 1.31. The normalized spacial score (nSPS) is 14.4. The van der Waals surface area contributed by atoms with E-state index in [4.69, 9.17) is 4.42 Å². The van der Waals surface area contributed by atoms with Gasteiger partial charge in [0.2, 0.25) is 5.91 Å². The molecule has 1 rings (SSSR count). The van der Waals surface area contributed by atoms with Gasteiger partial charge in [-0.05, 0) is 32.4 Å². The molecule has 2 N–H and O–H groups in total. The molecule has 4 nitrogen and oxygen atoms in total. The van der Waals surface area contributed by atoms with E-state index in [1.165, 1.54) is 0 Å². The number of hydrogen-bond acceptors (Lipinski definition) is 3. The molecule has 0 aliphatic rings. The number of carbonyl (C=O) groups excluding carboxylic acids is 1. The summed E-state index contributed by atoms with van der Waals surface area (Å²) in [5.74, 6) is 0.865. The van der Waals surface area contributed by atoms with Crippen molar-refractivity contribution in [2.24, 2.45) is 0 Å². The van der Waals surface area contributed by atoms with Crippen molar-refractivity contribution in [3.05, 3.63) is 24.2 Å². The summed E-state index contributed by atoms with van der Waals surface area (Å²) in [6, 6.07) is 4.02. The van der Waals surface area contributed by atoms with E-state index >= 15 is 0 Å². The number of carbonyl (C=O) groups is 1. The van der Waals surface area contributed by atoms with Crippen LogP contribution in [0, 0.1) is 0 Å². The summed E-state index contributed by atoms with van der Waals surface area (Å²) < 4.78 is 5.24. The minimum atomic E-state index is 0.0211. The van der Waals surface area contributed by atoms with Gasteiger partial charge in [0.1, 0.15) is 5.76 Å². The molecule has 1 amide bonds. The van der Waals surface area contributed by atoms with Crippen LogP contribution in [0.15, 0.2) is 22.8 Å². The van der Waals surface area contributed by atoms with E-state index in [9.17, 15) is 4.79 Å². The van der Waals surface area contributed by atoms with Gasteiger partial charge in [-0.3, -0.25) is 10.1 Å². The third-order valence-corrected chi connectivity index (χ3v) is 2.56. The predicted molar refractivity (Wildman–Crippen MR) is 63.0 cm³/mol. The highest BCUT2D eigenvalue weighted by Gasteiger charge is 2.10. The Morgan fingerprint density at radius 1 is 1.50 bits per heavy atom. The second-order valence-corrected chi connectivity index (χ2v) is 3.99. The van der Waals surface area contributed by atoms with E-state index in [1.807, 2.05) is 32.9 Å². The molecule has 2 atom stereocenters. The second kappa shape index (κ2) is 6.33. The van der Waals surface area contributed by atoms with Crippen LogP contribution in [-0.4, -0.2) is 18.5 Å². The molecule has 0 bridgehead atoms. The lowest BCUT2D eigenvalue weighted by Gasteiger charge is -2.14. The largest absolute Gasteiger partial charge is 0.468 e. The first-order chi connectivity index (χ1) is 7.63. The van der Waals surface area contributed by atoms with E-state index in [2.05, 4.69) is 10.6 Å². The fraction of sp³-hybridized carbons (Fsp3) is 0.583. The highest BCUT2D eigenvalue weighted by Crippen LogP contribution is 2.11. The molecule has 1 aromatic rings. The molecule has 0 saturated heterocycles. The number of furan rings is 1. The monoisotopic (exact) mass is 224 g/mol. The van der Waals surface area contributed by atoms with Gasteiger partial charge in [0.05, 0.1) is 18.8 Å². The molecule has 0 fully saturated rings. The summed E-state index contributed by atoms with van der Waals surface area (Å²) >= 11 is 0. The van der Waals surface area contributed by atoms with Gasteiger partial charge in [-0.1, -0.05) is 6.92 Å². The van der Waals surface area contributed by atoms with Gasteiger partial charge in [0.15, 0.2) is 0 Å². The Bertz CT molecular complexity index is 309. The van der Waals surface area contributed by atoms with Crippen LogP contribution in [-0.2, 0) is 4.79 Å². The fourth-order valence-corrected chi connectivity index (χ4v) is 1.31. The molecule has 0 radical (unpaired) electrons. The lowest BCUT2D eigenvalue weighted by atomic mass is 10.2. The Morgan fingerprint density at radius 3 is 2.81 bits per heavy atom. The molecule has 4 heteroatoms. The molecule has 1 aromatic heterocycles. The maximum atomic E-state index is 11.5. The minimum Gasteiger partial charge on any atom is -0.468 e. The quantitative estimate of drug-likeness (QED) is 0.775. The van der Waals surface area contributed by atoms with Crippen LogP contribution in [0.1, 0.15) is 39.0 Å². The van der Waals surface area contributed by atoms with Crippen molar-refractivity contribution >= 4 is 5.91 Å². The lowest BCUT2D eigenvalue weighted by molar-refractivity contribution is -0.121. The maximum Gasteiger partial charge on any atom is 0.234 e. The van der Waals surface area contributed by atoms with Gasteiger partial charge in [0.25, 0.3) is 0 Å². The first-order valence-corrected chi connectivity index (χ1v) is 5.69. The van der Waals surface area contributed by atoms with Crippen LogP contribution < -0.4 is 10.6 Å². The summed E-state index contributed by atoms with van der Waals surface area (Å²) in [6.45, 7) is 6.32. The van der Waals surface area contributed by atoms with Gasteiger partial charge in [-0.25, -0.2) is 0 Å². The van der Waals surface area contributed by atoms with Gasteiger partial charge < -0.3 is 9.73 Å². The number of amides is 1. The molecule has 90 valence electrons. The highest BCUT2D eigenvalue weighted by atomic mass is 16.3. The molecule has 0 saturated carbocycles. The first kappa shape index (κ1) is 12.8. The standard InChI is InChI=1S/C12H20N2O2/c1-4-9(2)14-12(15)8-13-10(3)11-6-5-7-16-11/h5-7,9-10,13H,4,8H2,1-3H3,(H,14,15). The SMILES string of the molecule is CCC(C)NC(=O)CNC(C)c1ccco1. The van der Waals surface area contributed by atoms with E-state index in [0.29, 0.717) is 6.54 Å². The zero-order chi connectivity index (χ0) is 12.0. The number of nitrogens with one attached hydrogen (secondary N) is 2. The molecular weight excluding hydrogens is 204 g/mol. The van der Waals surface area contributed by atoms with Crippen LogP contribution in [0.2, 0.25) is 0 Å². The molecule has 16 heavy (non-hydrogen) atoms. The van der Waals surface area contributed by atoms with E-state index in [-0.39, 0.29) is 18.0 Å². The first-order valence-electron chi connectivity index (χ1n) is 5.69. The van der Waals surface area contributed by atoms with Crippen LogP contribution in [0.5, 0.6) is 0 Å². The topological polar surface area (TPSA) is 54.3 Å². The summed E-state index contributed by atoms with van der Waals surface area (Å²) in [5.41, 5.74) is 0.